The molecule has 0 unspecified atom stereocenters. The van der Waals surface area contributed by atoms with Crippen molar-refractivity contribution in [1.29, 1.82) is 0 Å². The molecule has 13 heavy (non-hydrogen) atoms. The molecular formula is C10H12N2O. The summed E-state index contributed by atoms with van der Waals surface area (Å²) in [4.78, 5) is 15.0. The highest BCUT2D eigenvalue weighted by molar-refractivity contribution is 6.39. The highest BCUT2D eigenvalue weighted by atomic mass is 16.1. The van der Waals surface area contributed by atoms with E-state index in [1.807, 2.05) is 0 Å². The lowest BCUT2D eigenvalue weighted by Crippen LogP contribution is -2.39. The van der Waals surface area contributed by atoms with Gasteiger partial charge in [-0.3, -0.25) is 4.79 Å². The van der Waals surface area contributed by atoms with Crippen LogP contribution in [-0.4, -0.2) is 16.3 Å². The van der Waals surface area contributed by atoms with E-state index >= 15 is 0 Å². The lowest BCUT2D eigenvalue weighted by Gasteiger charge is -2.29. The van der Waals surface area contributed by atoms with Gasteiger partial charge < -0.3 is 5.53 Å². The fourth-order valence-electron chi connectivity index (χ4n) is 3.62. The monoisotopic (exact) mass is 176 g/mol. The molecule has 0 spiro atoms. The Morgan fingerprint density at radius 1 is 1.23 bits per heavy atom. The number of Topliss-reactive ketones (excluding diaryl/α,β-unsaturated/α-hetero) is 1. The van der Waals surface area contributed by atoms with Crippen molar-refractivity contribution in [2.24, 2.45) is 23.7 Å². The van der Waals surface area contributed by atoms with Crippen molar-refractivity contribution in [3.05, 3.63) is 5.53 Å². The van der Waals surface area contributed by atoms with Crippen LogP contribution in [0, 0.1) is 23.7 Å². The third kappa shape index (κ3) is 0.829. The van der Waals surface area contributed by atoms with Crippen molar-refractivity contribution in [3.8, 4) is 0 Å². The summed E-state index contributed by atoms with van der Waals surface area (Å²) in [6.07, 6.45) is 4.47. The topological polar surface area (TPSA) is 53.5 Å². The van der Waals surface area contributed by atoms with Gasteiger partial charge in [0, 0.05) is 5.92 Å². The minimum Gasteiger partial charge on any atom is -0.361 e. The van der Waals surface area contributed by atoms with E-state index in [-0.39, 0.29) is 17.6 Å². The van der Waals surface area contributed by atoms with Crippen LogP contribution in [-0.2, 0) is 4.79 Å². The number of nitrogens with zero attached hydrogens (tertiary/aromatic N) is 2. The maximum Gasteiger partial charge on any atom is 0.337 e. The van der Waals surface area contributed by atoms with E-state index in [2.05, 4.69) is 4.79 Å². The van der Waals surface area contributed by atoms with Crippen LogP contribution in [0.4, 0.5) is 0 Å². The minimum atomic E-state index is 0.142. The average molecular weight is 176 g/mol. The highest BCUT2D eigenvalue weighted by Gasteiger charge is 2.55. The number of carbonyl (C=O) groups is 1. The number of fused-ring (bicyclic) bond motifs is 2. The van der Waals surface area contributed by atoms with Crippen LogP contribution in [0.3, 0.4) is 0 Å². The molecule has 0 aliphatic heterocycles. The predicted octanol–water partition coefficient (Wildman–Crippen LogP) is 1.29. The van der Waals surface area contributed by atoms with Gasteiger partial charge in [-0.15, -0.1) is 0 Å². The first-order valence-corrected chi connectivity index (χ1v) is 5.05. The molecule has 0 aromatic carbocycles. The standard InChI is InChI=1S/C10H12N2O/c11-12-9-7-2-5-1-6(4-7)8(3-5)10(9)13/h5-8H,1-4H2/t5-,6-,7-,8-/m1/s1. The maximum absolute atomic E-state index is 11.8. The van der Waals surface area contributed by atoms with Crippen molar-refractivity contribution >= 4 is 11.5 Å². The highest BCUT2D eigenvalue weighted by Crippen LogP contribution is 2.52. The molecule has 3 aliphatic carbocycles. The molecule has 68 valence electrons. The van der Waals surface area contributed by atoms with Crippen LogP contribution in [0.25, 0.3) is 5.53 Å². The number of carbonyl (C=O) groups excluding carboxylic acids is 1. The molecule has 0 aromatic rings. The zero-order valence-corrected chi connectivity index (χ0v) is 7.44. The molecule has 0 aromatic heterocycles. The van der Waals surface area contributed by atoms with Crippen molar-refractivity contribution in [2.45, 2.75) is 25.7 Å². The van der Waals surface area contributed by atoms with Gasteiger partial charge in [0.15, 0.2) is 0 Å². The van der Waals surface area contributed by atoms with Gasteiger partial charge in [-0.2, -0.15) is 4.79 Å². The molecule has 3 nitrogen and oxygen atoms in total. The molecule has 0 N–H and O–H groups in total. The average Bonchev–Trinajstić information content (AvgIpc) is 2.36. The molecule has 4 atom stereocenters. The summed E-state index contributed by atoms with van der Waals surface area (Å²) in [6.45, 7) is 0. The normalized spacial score (nSPS) is 46.8. The first-order chi connectivity index (χ1) is 6.29. The molecular weight excluding hydrogens is 164 g/mol. The Morgan fingerprint density at radius 2 is 2.08 bits per heavy atom. The fourth-order valence-corrected chi connectivity index (χ4v) is 3.62. The molecule has 3 aliphatic rings. The zero-order chi connectivity index (χ0) is 9.00. The van der Waals surface area contributed by atoms with E-state index in [4.69, 9.17) is 5.53 Å². The van der Waals surface area contributed by atoms with E-state index in [1.165, 1.54) is 6.42 Å². The van der Waals surface area contributed by atoms with Gasteiger partial charge in [-0.1, -0.05) is 0 Å². The van der Waals surface area contributed by atoms with Crippen molar-refractivity contribution in [2.75, 3.05) is 0 Å². The van der Waals surface area contributed by atoms with Crippen molar-refractivity contribution < 1.29 is 9.58 Å². The minimum absolute atomic E-state index is 0.142. The summed E-state index contributed by atoms with van der Waals surface area (Å²) >= 11 is 0. The lowest BCUT2D eigenvalue weighted by atomic mass is 9.70. The van der Waals surface area contributed by atoms with Crippen LogP contribution in [0.15, 0.2) is 0 Å². The molecule has 3 bridgehead atoms. The van der Waals surface area contributed by atoms with E-state index in [0.717, 1.165) is 25.2 Å². The van der Waals surface area contributed by atoms with E-state index in [9.17, 15) is 4.79 Å². The Kier molecular flexibility index (Phi) is 1.32. The Labute approximate surface area is 76.8 Å². The lowest BCUT2D eigenvalue weighted by molar-refractivity contribution is -0.124. The maximum atomic E-state index is 11.8. The number of hydrogen-bond donors (Lipinski definition) is 0. The molecule has 0 amide bonds. The van der Waals surface area contributed by atoms with Crippen molar-refractivity contribution in [3.63, 3.8) is 0 Å². The number of rotatable bonds is 0. The molecule has 3 rings (SSSR count). The quantitative estimate of drug-likeness (QED) is 0.405. The largest absolute Gasteiger partial charge is 0.361 e. The van der Waals surface area contributed by atoms with Crippen LogP contribution in [0.5, 0.6) is 0 Å². The molecule has 3 fully saturated rings. The van der Waals surface area contributed by atoms with Crippen LogP contribution in [0.1, 0.15) is 25.7 Å². The van der Waals surface area contributed by atoms with Gasteiger partial charge >= 0.3 is 5.71 Å². The van der Waals surface area contributed by atoms with Gasteiger partial charge in [-0.25, -0.2) is 0 Å². The summed E-state index contributed by atoms with van der Waals surface area (Å²) in [5.41, 5.74) is 9.25. The Morgan fingerprint density at radius 3 is 2.85 bits per heavy atom. The fraction of sp³-hybridized carbons (Fsp3) is 0.800. The summed E-state index contributed by atoms with van der Waals surface area (Å²) in [7, 11) is 0. The second-order valence-corrected chi connectivity index (χ2v) is 4.72. The second kappa shape index (κ2) is 2.30. The Hall–Kier alpha value is -0.950. The third-order valence-corrected chi connectivity index (χ3v) is 4.08. The van der Waals surface area contributed by atoms with Gasteiger partial charge in [0.25, 0.3) is 0 Å². The Bertz CT molecular complexity index is 328. The summed E-state index contributed by atoms with van der Waals surface area (Å²) in [5, 5.41) is 0. The SMILES string of the molecule is [N-]=[N+]=C1C(=O)[C@@H]2C[C@H]3C[C@@H]1C[C@H]2C3. The first-order valence-electron chi connectivity index (χ1n) is 5.05. The van der Waals surface area contributed by atoms with Crippen LogP contribution < -0.4 is 0 Å². The van der Waals surface area contributed by atoms with E-state index in [1.54, 1.807) is 0 Å². The second-order valence-electron chi connectivity index (χ2n) is 4.72. The molecule has 3 saturated carbocycles. The smallest absolute Gasteiger partial charge is 0.337 e. The van der Waals surface area contributed by atoms with Crippen molar-refractivity contribution in [1.82, 2.24) is 0 Å². The molecule has 3 heteroatoms. The summed E-state index contributed by atoms with van der Waals surface area (Å²) in [6, 6.07) is 0. The predicted molar refractivity (Wildman–Crippen MR) is 46.1 cm³/mol. The molecule has 0 saturated heterocycles. The Balaban J connectivity index is 2.10. The van der Waals surface area contributed by atoms with Crippen LogP contribution in [0.2, 0.25) is 0 Å². The van der Waals surface area contributed by atoms with E-state index < -0.39 is 0 Å². The third-order valence-electron chi connectivity index (χ3n) is 4.08. The molecule has 0 radical (unpaired) electrons. The van der Waals surface area contributed by atoms with Gasteiger partial charge in [0.1, 0.15) is 0 Å². The summed E-state index contributed by atoms with van der Waals surface area (Å²) in [5.74, 6) is 1.97. The van der Waals surface area contributed by atoms with Gasteiger partial charge in [-0.05, 0) is 37.5 Å². The molecule has 0 heterocycles. The number of ketones is 1. The first kappa shape index (κ1) is 7.45. The van der Waals surface area contributed by atoms with Crippen LogP contribution >= 0.6 is 0 Å². The van der Waals surface area contributed by atoms with Gasteiger partial charge in [0.05, 0.1) is 5.92 Å². The van der Waals surface area contributed by atoms with Gasteiger partial charge in [0.2, 0.25) is 5.78 Å². The number of hydrogen-bond acceptors (Lipinski definition) is 1. The van der Waals surface area contributed by atoms with E-state index in [0.29, 0.717) is 11.6 Å². The zero-order valence-electron chi connectivity index (χ0n) is 7.44. The summed E-state index contributed by atoms with van der Waals surface area (Å²) < 4.78 is 0.